The minimum atomic E-state index is -0.0376. The zero-order valence-corrected chi connectivity index (χ0v) is 12.7. The van der Waals surface area contributed by atoms with Gasteiger partial charge >= 0.3 is 0 Å². The van der Waals surface area contributed by atoms with Crippen molar-refractivity contribution in [3.63, 3.8) is 0 Å². The van der Waals surface area contributed by atoms with Crippen LogP contribution in [0, 0.1) is 5.92 Å². The van der Waals surface area contributed by atoms with E-state index in [0.717, 1.165) is 10.0 Å². The van der Waals surface area contributed by atoms with Gasteiger partial charge in [0, 0.05) is 38.1 Å². The Morgan fingerprint density at radius 3 is 2.42 bits per heavy atom. The van der Waals surface area contributed by atoms with Crippen LogP contribution >= 0.6 is 15.9 Å². The third-order valence-corrected chi connectivity index (χ3v) is 3.91. The molecule has 0 aliphatic carbocycles. The lowest BCUT2D eigenvalue weighted by atomic mass is 9.98. The van der Waals surface area contributed by atoms with Gasteiger partial charge in [-0.2, -0.15) is 0 Å². The molecule has 0 aromatic heterocycles. The smallest absolute Gasteiger partial charge is 0.229 e. The molecule has 1 heterocycles. The van der Waals surface area contributed by atoms with Crippen LogP contribution in [0.4, 0.5) is 0 Å². The number of amides is 2. The standard InChI is InChI=1S/C14H17BrN2O2/c1-10(18)17-8-12(9-17)14(19)16(2)7-11-3-5-13(15)6-4-11/h3-6,12H,7-9H2,1-2H3. The van der Waals surface area contributed by atoms with Crippen LogP contribution in [-0.2, 0) is 16.1 Å². The second-order valence-electron chi connectivity index (χ2n) is 4.94. The largest absolute Gasteiger partial charge is 0.341 e. The van der Waals surface area contributed by atoms with E-state index >= 15 is 0 Å². The Morgan fingerprint density at radius 2 is 1.89 bits per heavy atom. The van der Waals surface area contributed by atoms with Crippen LogP contribution in [0.2, 0.25) is 0 Å². The molecular formula is C14H17BrN2O2. The van der Waals surface area contributed by atoms with E-state index in [-0.39, 0.29) is 17.7 Å². The summed E-state index contributed by atoms with van der Waals surface area (Å²) in [4.78, 5) is 26.6. The highest BCUT2D eigenvalue weighted by atomic mass is 79.9. The maximum absolute atomic E-state index is 12.1. The number of rotatable bonds is 3. The second-order valence-corrected chi connectivity index (χ2v) is 5.86. The van der Waals surface area contributed by atoms with Gasteiger partial charge in [0.25, 0.3) is 0 Å². The first-order chi connectivity index (χ1) is 8.97. The summed E-state index contributed by atoms with van der Waals surface area (Å²) in [6, 6.07) is 7.93. The number of nitrogens with zero attached hydrogens (tertiary/aromatic N) is 2. The van der Waals surface area contributed by atoms with Crippen LogP contribution in [0.25, 0.3) is 0 Å². The molecule has 0 spiro atoms. The maximum atomic E-state index is 12.1. The molecule has 0 atom stereocenters. The quantitative estimate of drug-likeness (QED) is 0.851. The summed E-state index contributed by atoms with van der Waals surface area (Å²) in [6.07, 6.45) is 0. The van der Waals surface area contributed by atoms with Gasteiger partial charge in [0.15, 0.2) is 0 Å². The summed E-state index contributed by atoms with van der Waals surface area (Å²) in [6.45, 7) is 3.24. The van der Waals surface area contributed by atoms with Crippen molar-refractivity contribution >= 4 is 27.7 Å². The highest BCUT2D eigenvalue weighted by Gasteiger charge is 2.35. The summed E-state index contributed by atoms with van der Waals surface area (Å²) in [5.41, 5.74) is 1.10. The Balaban J connectivity index is 1.87. The molecule has 1 saturated heterocycles. The van der Waals surface area contributed by atoms with Gasteiger partial charge < -0.3 is 9.80 Å². The molecule has 0 unspecified atom stereocenters. The van der Waals surface area contributed by atoms with Gasteiger partial charge in [0.05, 0.1) is 5.92 Å². The maximum Gasteiger partial charge on any atom is 0.229 e. The summed E-state index contributed by atoms with van der Waals surface area (Å²) < 4.78 is 1.03. The van der Waals surface area contributed by atoms with E-state index in [9.17, 15) is 9.59 Å². The lowest BCUT2D eigenvalue weighted by molar-refractivity contribution is -0.146. The first kappa shape index (κ1) is 14.1. The van der Waals surface area contributed by atoms with Crippen molar-refractivity contribution in [2.24, 2.45) is 5.92 Å². The summed E-state index contributed by atoms with van der Waals surface area (Å²) in [7, 11) is 1.81. The van der Waals surface area contributed by atoms with Crippen molar-refractivity contribution in [3.8, 4) is 0 Å². The minimum absolute atomic E-state index is 0.0376. The fourth-order valence-electron chi connectivity index (χ4n) is 2.15. The van der Waals surface area contributed by atoms with Crippen molar-refractivity contribution in [2.45, 2.75) is 13.5 Å². The molecule has 2 rings (SSSR count). The molecule has 0 N–H and O–H groups in total. The molecule has 5 heteroatoms. The lowest BCUT2D eigenvalue weighted by Crippen LogP contribution is -2.55. The molecule has 1 aliphatic rings. The third-order valence-electron chi connectivity index (χ3n) is 3.39. The molecule has 102 valence electrons. The van der Waals surface area contributed by atoms with Gasteiger partial charge in [-0.05, 0) is 17.7 Å². The van der Waals surface area contributed by atoms with Crippen molar-refractivity contribution in [3.05, 3.63) is 34.3 Å². The second kappa shape index (κ2) is 5.74. The predicted octanol–water partition coefficient (Wildman–Crippen LogP) is 1.89. The molecule has 0 saturated carbocycles. The van der Waals surface area contributed by atoms with Gasteiger partial charge in [-0.15, -0.1) is 0 Å². The summed E-state index contributed by atoms with van der Waals surface area (Å²) in [5.74, 6) is 0.115. The van der Waals surface area contributed by atoms with Crippen LogP contribution in [0.3, 0.4) is 0 Å². The van der Waals surface area contributed by atoms with Crippen LogP contribution in [-0.4, -0.2) is 41.8 Å². The zero-order chi connectivity index (χ0) is 14.0. The number of carbonyl (C=O) groups excluding carboxylic acids is 2. The Bertz CT molecular complexity index is 481. The number of hydrogen-bond donors (Lipinski definition) is 0. The van der Waals surface area contributed by atoms with E-state index in [0.29, 0.717) is 19.6 Å². The molecular weight excluding hydrogens is 308 g/mol. The van der Waals surface area contributed by atoms with Crippen LogP contribution in [0.5, 0.6) is 0 Å². The van der Waals surface area contributed by atoms with Crippen LogP contribution in [0.15, 0.2) is 28.7 Å². The molecule has 2 amide bonds. The number of benzene rings is 1. The van der Waals surface area contributed by atoms with E-state index in [4.69, 9.17) is 0 Å². The third kappa shape index (κ3) is 3.35. The fraction of sp³-hybridized carbons (Fsp3) is 0.429. The Morgan fingerprint density at radius 1 is 1.32 bits per heavy atom. The molecule has 1 aromatic rings. The van der Waals surface area contributed by atoms with Crippen molar-refractivity contribution in [1.82, 2.24) is 9.80 Å². The fourth-order valence-corrected chi connectivity index (χ4v) is 2.41. The zero-order valence-electron chi connectivity index (χ0n) is 11.1. The molecule has 1 aromatic carbocycles. The Hall–Kier alpha value is -1.36. The monoisotopic (exact) mass is 324 g/mol. The van der Waals surface area contributed by atoms with Gasteiger partial charge in [-0.1, -0.05) is 28.1 Å². The van der Waals surface area contributed by atoms with Gasteiger partial charge in [-0.25, -0.2) is 0 Å². The van der Waals surface area contributed by atoms with Crippen molar-refractivity contribution < 1.29 is 9.59 Å². The summed E-state index contributed by atoms with van der Waals surface area (Å²) >= 11 is 3.39. The average Bonchev–Trinajstić information content (AvgIpc) is 2.29. The summed E-state index contributed by atoms with van der Waals surface area (Å²) in [5, 5.41) is 0. The normalized spacial score (nSPS) is 15.0. The Kier molecular flexibility index (Phi) is 4.24. The highest BCUT2D eigenvalue weighted by molar-refractivity contribution is 9.10. The molecule has 1 aliphatic heterocycles. The number of halogens is 1. The number of likely N-dealkylation sites (tertiary alicyclic amines) is 1. The van der Waals surface area contributed by atoms with E-state index < -0.39 is 0 Å². The van der Waals surface area contributed by atoms with Crippen molar-refractivity contribution in [1.29, 1.82) is 0 Å². The SMILES string of the molecule is CC(=O)N1CC(C(=O)N(C)Cc2ccc(Br)cc2)C1. The van der Waals surface area contributed by atoms with Gasteiger partial charge in [0.1, 0.15) is 0 Å². The number of hydrogen-bond acceptors (Lipinski definition) is 2. The molecule has 0 bridgehead atoms. The van der Waals surface area contributed by atoms with Gasteiger partial charge in [0.2, 0.25) is 11.8 Å². The average molecular weight is 325 g/mol. The van der Waals surface area contributed by atoms with Crippen LogP contribution < -0.4 is 0 Å². The van der Waals surface area contributed by atoms with E-state index in [2.05, 4.69) is 15.9 Å². The Labute approximate surface area is 121 Å². The lowest BCUT2D eigenvalue weighted by Gasteiger charge is -2.39. The predicted molar refractivity (Wildman–Crippen MR) is 76.4 cm³/mol. The van der Waals surface area contributed by atoms with Gasteiger partial charge in [-0.3, -0.25) is 9.59 Å². The van der Waals surface area contributed by atoms with Crippen molar-refractivity contribution in [2.75, 3.05) is 20.1 Å². The molecule has 0 radical (unpaired) electrons. The minimum Gasteiger partial charge on any atom is -0.341 e. The molecule has 1 fully saturated rings. The van der Waals surface area contributed by atoms with E-state index in [1.165, 1.54) is 6.92 Å². The van der Waals surface area contributed by atoms with Crippen LogP contribution in [0.1, 0.15) is 12.5 Å². The first-order valence-corrected chi connectivity index (χ1v) is 7.01. The topological polar surface area (TPSA) is 40.6 Å². The highest BCUT2D eigenvalue weighted by Crippen LogP contribution is 2.19. The molecule has 19 heavy (non-hydrogen) atoms. The molecule has 4 nitrogen and oxygen atoms in total. The van der Waals surface area contributed by atoms with E-state index in [1.807, 2.05) is 24.3 Å². The van der Waals surface area contributed by atoms with E-state index in [1.54, 1.807) is 16.8 Å². The first-order valence-electron chi connectivity index (χ1n) is 6.22. The number of carbonyl (C=O) groups is 2.